The fourth-order valence-corrected chi connectivity index (χ4v) is 7.39. The number of aromatic hydroxyl groups is 1. The van der Waals surface area contributed by atoms with Crippen LogP contribution in [0.25, 0.3) is 11.3 Å². The Balaban J connectivity index is 1.31. The largest absolute Gasteiger partial charge is 0.494 e. The van der Waals surface area contributed by atoms with Crippen LogP contribution in [-0.4, -0.2) is 38.5 Å². The fraction of sp³-hybridized carbons (Fsp3) is 0.0625. The molecule has 0 fully saturated rings. The van der Waals surface area contributed by atoms with E-state index in [1.165, 1.54) is 24.3 Å². The predicted octanol–water partition coefficient (Wildman–Crippen LogP) is 5.66. The highest BCUT2D eigenvalue weighted by Gasteiger charge is 2.34. The molecule has 0 aliphatic carbocycles. The van der Waals surface area contributed by atoms with Gasteiger partial charge in [-0.1, -0.05) is 59.7 Å². The first-order valence-corrected chi connectivity index (χ1v) is 15.9. The molecule has 0 unspecified atom stereocenters. The van der Waals surface area contributed by atoms with Gasteiger partial charge in [-0.15, -0.1) is 0 Å². The van der Waals surface area contributed by atoms with Gasteiger partial charge in [0.05, 0.1) is 42.1 Å². The van der Waals surface area contributed by atoms with E-state index in [0.717, 1.165) is 11.1 Å². The lowest BCUT2D eigenvalue weighted by molar-refractivity contribution is 0.101. The van der Waals surface area contributed by atoms with Crippen molar-refractivity contribution in [3.05, 3.63) is 125 Å². The number of aromatic nitrogens is 1. The van der Waals surface area contributed by atoms with Crippen molar-refractivity contribution < 1.29 is 26.7 Å². The fourth-order valence-electron chi connectivity index (χ4n) is 4.87. The second kappa shape index (κ2) is 9.93. The number of sulfone groups is 2. The number of fused-ring (bicyclic) bond motifs is 1. The summed E-state index contributed by atoms with van der Waals surface area (Å²) in [6.45, 7) is 3.75. The second-order valence-corrected chi connectivity index (χ2v) is 13.9. The highest BCUT2D eigenvalue weighted by molar-refractivity contribution is 7.91. The number of carbonyl (C=O) groups excluding carboxylic acids is 1. The number of carbonyl (C=O) groups is 1. The number of nitrogens with one attached hydrogen (secondary N) is 1. The van der Waals surface area contributed by atoms with Gasteiger partial charge in [0.2, 0.25) is 19.7 Å². The normalized spacial score (nSPS) is 13.2. The molecule has 8 nitrogen and oxygen atoms in total. The Morgan fingerprint density at radius 3 is 1.38 bits per heavy atom. The number of benzene rings is 4. The van der Waals surface area contributed by atoms with Gasteiger partial charge in [0.15, 0.2) is 5.88 Å². The van der Waals surface area contributed by atoms with Crippen LogP contribution in [0.3, 0.4) is 0 Å². The third-order valence-corrected chi connectivity index (χ3v) is 10.8. The number of rotatable bonds is 6. The highest BCUT2D eigenvalue weighted by atomic mass is 32.2. The van der Waals surface area contributed by atoms with Gasteiger partial charge in [0.25, 0.3) is 5.91 Å². The van der Waals surface area contributed by atoms with Crippen LogP contribution < -0.4 is 0 Å². The Kier molecular flexibility index (Phi) is 6.47. The van der Waals surface area contributed by atoms with Crippen molar-refractivity contribution in [2.45, 2.75) is 33.4 Å². The van der Waals surface area contributed by atoms with Crippen LogP contribution in [0.5, 0.6) is 5.88 Å². The summed E-state index contributed by atoms with van der Waals surface area (Å²) in [5, 5.41) is 10.8. The Bertz CT molecular complexity index is 2110. The molecule has 6 rings (SSSR count). The van der Waals surface area contributed by atoms with Crippen LogP contribution in [0.1, 0.15) is 32.6 Å². The average Bonchev–Trinajstić information content (AvgIpc) is 3.51. The van der Waals surface area contributed by atoms with Gasteiger partial charge >= 0.3 is 0 Å². The van der Waals surface area contributed by atoms with Crippen LogP contribution in [0.2, 0.25) is 0 Å². The standard InChI is InChI=1S/C32H24N2O6S2/c1-19-3-11-23(12-4-19)41(37,38)25-15-7-21(8-16-25)29-27-28(32(36)33-29)30(34-31(27)35)22-9-17-26(18-10-22)42(39,40)24-13-5-20(2)6-14-24/h3-18,33,36H,1-2H3. The molecule has 0 atom stereocenters. The van der Waals surface area contributed by atoms with Gasteiger partial charge in [-0.25, -0.2) is 21.8 Å². The molecule has 5 aromatic rings. The molecule has 4 aromatic carbocycles. The summed E-state index contributed by atoms with van der Waals surface area (Å²) in [6, 6.07) is 25.1. The third-order valence-electron chi connectivity index (χ3n) is 7.20. The number of H-pyrrole nitrogens is 1. The topological polar surface area (TPSA) is 134 Å². The van der Waals surface area contributed by atoms with E-state index in [-0.39, 0.29) is 42.3 Å². The Hall–Kier alpha value is -4.80. The lowest BCUT2D eigenvalue weighted by Gasteiger charge is -2.07. The summed E-state index contributed by atoms with van der Waals surface area (Å²) in [5.41, 5.74) is 3.66. The molecule has 42 heavy (non-hydrogen) atoms. The summed E-state index contributed by atoms with van der Waals surface area (Å²) >= 11 is 0. The molecule has 210 valence electrons. The number of aryl methyl sites for hydroxylation is 2. The third kappa shape index (κ3) is 4.54. The Morgan fingerprint density at radius 1 is 0.571 bits per heavy atom. The summed E-state index contributed by atoms with van der Waals surface area (Å²) in [5.74, 6) is -0.864. The summed E-state index contributed by atoms with van der Waals surface area (Å²) in [6.07, 6.45) is 0. The molecule has 2 heterocycles. The van der Waals surface area contributed by atoms with E-state index in [2.05, 4.69) is 9.98 Å². The van der Waals surface area contributed by atoms with Crippen LogP contribution in [0, 0.1) is 13.8 Å². The molecule has 0 saturated heterocycles. The summed E-state index contributed by atoms with van der Waals surface area (Å²) < 4.78 is 52.2. The number of hydrogen-bond acceptors (Lipinski definition) is 6. The molecule has 10 heteroatoms. The van der Waals surface area contributed by atoms with Crippen molar-refractivity contribution in [1.82, 2.24) is 4.98 Å². The van der Waals surface area contributed by atoms with Crippen molar-refractivity contribution in [2.75, 3.05) is 0 Å². The van der Waals surface area contributed by atoms with Crippen molar-refractivity contribution in [1.29, 1.82) is 0 Å². The Labute approximate surface area is 242 Å². The molecule has 1 aliphatic heterocycles. The summed E-state index contributed by atoms with van der Waals surface area (Å²) in [4.78, 5) is 20.5. The molecule has 0 bridgehead atoms. The van der Waals surface area contributed by atoms with E-state index in [1.807, 2.05) is 13.8 Å². The van der Waals surface area contributed by atoms with E-state index in [1.54, 1.807) is 72.8 Å². The van der Waals surface area contributed by atoms with Crippen LogP contribution >= 0.6 is 0 Å². The maximum absolute atomic E-state index is 13.1. The van der Waals surface area contributed by atoms with Crippen molar-refractivity contribution in [2.24, 2.45) is 4.99 Å². The summed E-state index contributed by atoms with van der Waals surface area (Å²) in [7, 11) is -7.49. The van der Waals surface area contributed by atoms with Gasteiger partial charge in [0.1, 0.15) is 0 Å². The minimum Gasteiger partial charge on any atom is -0.494 e. The van der Waals surface area contributed by atoms with E-state index >= 15 is 0 Å². The van der Waals surface area contributed by atoms with Gasteiger partial charge < -0.3 is 10.1 Å². The van der Waals surface area contributed by atoms with Gasteiger partial charge in [-0.05, 0) is 67.9 Å². The molecule has 0 radical (unpaired) electrons. The maximum Gasteiger partial charge on any atom is 0.280 e. The minimum absolute atomic E-state index is 0.0832. The minimum atomic E-state index is -3.75. The van der Waals surface area contributed by atoms with Gasteiger partial charge in [-0.2, -0.15) is 0 Å². The molecular weight excluding hydrogens is 572 g/mol. The number of aliphatic imine (C=N–C) groups is 1. The maximum atomic E-state index is 13.1. The zero-order valence-corrected chi connectivity index (χ0v) is 24.1. The van der Waals surface area contributed by atoms with E-state index in [9.17, 15) is 26.7 Å². The van der Waals surface area contributed by atoms with Gasteiger partial charge in [0, 0.05) is 5.56 Å². The smallest absolute Gasteiger partial charge is 0.280 e. The van der Waals surface area contributed by atoms with E-state index in [0.29, 0.717) is 16.8 Å². The van der Waals surface area contributed by atoms with Crippen molar-refractivity contribution in [3.63, 3.8) is 0 Å². The Morgan fingerprint density at radius 2 is 0.952 bits per heavy atom. The molecular formula is C32H24N2O6S2. The lowest BCUT2D eigenvalue weighted by atomic mass is 10.0. The van der Waals surface area contributed by atoms with Crippen LogP contribution in [0.4, 0.5) is 0 Å². The number of nitrogens with zero attached hydrogens (tertiary/aromatic N) is 1. The first-order chi connectivity index (χ1) is 20.0. The molecule has 0 saturated carbocycles. The zero-order chi connectivity index (χ0) is 29.8. The van der Waals surface area contributed by atoms with E-state index < -0.39 is 25.6 Å². The lowest BCUT2D eigenvalue weighted by Crippen LogP contribution is -2.04. The zero-order valence-electron chi connectivity index (χ0n) is 22.5. The molecule has 2 N–H and O–H groups in total. The van der Waals surface area contributed by atoms with E-state index in [4.69, 9.17) is 0 Å². The average molecular weight is 597 g/mol. The molecule has 0 spiro atoms. The highest BCUT2D eigenvalue weighted by Crippen LogP contribution is 2.38. The second-order valence-electron chi connectivity index (χ2n) is 10.0. The molecule has 1 amide bonds. The quantitative estimate of drug-likeness (QED) is 0.260. The molecule has 1 aliphatic rings. The SMILES string of the molecule is Cc1ccc(S(=O)(=O)c2ccc(C3=NC(=O)c4c(-c5ccc(S(=O)(=O)c6ccc(C)cc6)cc5)[nH]c(O)c43)cc2)cc1. The number of hydrogen-bond donors (Lipinski definition) is 2. The van der Waals surface area contributed by atoms with Crippen molar-refractivity contribution >= 4 is 31.3 Å². The number of amides is 1. The predicted molar refractivity (Wildman–Crippen MR) is 158 cm³/mol. The first kappa shape index (κ1) is 27.4. The van der Waals surface area contributed by atoms with Crippen LogP contribution in [-0.2, 0) is 19.7 Å². The monoisotopic (exact) mass is 596 g/mol. The van der Waals surface area contributed by atoms with Gasteiger partial charge in [-0.3, -0.25) is 4.79 Å². The number of aromatic amines is 1. The van der Waals surface area contributed by atoms with Crippen LogP contribution in [0.15, 0.2) is 122 Å². The molecule has 1 aromatic heterocycles. The first-order valence-electron chi connectivity index (χ1n) is 12.9. The van der Waals surface area contributed by atoms with Crippen molar-refractivity contribution in [3.8, 4) is 17.1 Å².